The van der Waals surface area contributed by atoms with Crippen LogP contribution in [0.3, 0.4) is 0 Å². The van der Waals surface area contributed by atoms with Gasteiger partial charge in [-0.1, -0.05) is 19.1 Å². The molecule has 0 spiro atoms. The lowest BCUT2D eigenvalue weighted by atomic mass is 9.98. The molecule has 2 N–H and O–H groups in total. The van der Waals surface area contributed by atoms with Gasteiger partial charge in [0.2, 0.25) is 0 Å². The maximum Gasteiger partial charge on any atom is 0.0745 e. The Balaban J connectivity index is 2.51. The van der Waals surface area contributed by atoms with E-state index in [-0.39, 0.29) is 0 Å². The van der Waals surface area contributed by atoms with Crippen LogP contribution < -0.4 is 5.90 Å². The number of nitrogens with zero attached hydrogens (tertiary/aromatic N) is 1. The van der Waals surface area contributed by atoms with Crippen LogP contribution in [0.4, 0.5) is 0 Å². The summed E-state index contributed by atoms with van der Waals surface area (Å²) < 4.78 is 2.12. The molecule has 0 amide bonds. The molecule has 0 saturated heterocycles. The lowest BCUT2D eigenvalue weighted by Gasteiger charge is -2.11. The summed E-state index contributed by atoms with van der Waals surface area (Å²) in [6, 6.07) is 8.46. The van der Waals surface area contributed by atoms with Crippen molar-refractivity contribution in [2.45, 2.75) is 12.8 Å². The molecule has 2 aromatic rings. The molecule has 0 bridgehead atoms. The zero-order valence-electron chi connectivity index (χ0n) is 9.10. The topological polar surface area (TPSA) is 40.2 Å². The average molecular weight is 204 g/mol. The average Bonchev–Trinajstić information content (AvgIpc) is 2.61. The van der Waals surface area contributed by atoms with E-state index in [0.717, 1.165) is 0 Å². The molecular formula is C12H16N2O. The monoisotopic (exact) mass is 204 g/mol. The summed E-state index contributed by atoms with van der Waals surface area (Å²) in [6.45, 7) is 2.67. The third kappa shape index (κ3) is 1.76. The fourth-order valence-corrected chi connectivity index (χ4v) is 1.99. The van der Waals surface area contributed by atoms with E-state index < -0.39 is 0 Å². The Labute approximate surface area is 89.4 Å². The van der Waals surface area contributed by atoms with E-state index in [1.54, 1.807) is 0 Å². The highest BCUT2D eigenvalue weighted by Gasteiger charge is 2.10. The first kappa shape index (κ1) is 10.2. The number of aryl methyl sites for hydroxylation is 1. The van der Waals surface area contributed by atoms with E-state index in [4.69, 9.17) is 10.7 Å². The smallest absolute Gasteiger partial charge is 0.0745 e. The summed E-state index contributed by atoms with van der Waals surface area (Å²) in [7, 11) is 2.05. The summed E-state index contributed by atoms with van der Waals surface area (Å²) >= 11 is 0. The molecule has 0 aliphatic carbocycles. The maximum atomic E-state index is 5.11. The quantitative estimate of drug-likeness (QED) is 0.778. The standard InChI is InChI=1S/C12H16N2O/c1-9(8-15-13)10-4-3-5-12-11(10)6-7-14(12)2/h3-7,9H,8,13H2,1-2H3. The largest absolute Gasteiger partial charge is 0.351 e. The van der Waals surface area contributed by atoms with Crippen molar-refractivity contribution in [2.24, 2.45) is 12.9 Å². The van der Waals surface area contributed by atoms with Gasteiger partial charge < -0.3 is 9.40 Å². The lowest BCUT2D eigenvalue weighted by molar-refractivity contribution is 0.127. The maximum absolute atomic E-state index is 5.11. The van der Waals surface area contributed by atoms with Crippen LogP contribution in [-0.4, -0.2) is 11.2 Å². The SMILES string of the molecule is CC(CON)c1cccc2c1ccn2C. The van der Waals surface area contributed by atoms with Crippen LogP contribution >= 0.6 is 0 Å². The molecule has 0 fully saturated rings. The van der Waals surface area contributed by atoms with Crippen molar-refractivity contribution >= 4 is 10.9 Å². The van der Waals surface area contributed by atoms with Crippen molar-refractivity contribution in [3.63, 3.8) is 0 Å². The molecule has 1 aromatic heterocycles. The minimum absolute atomic E-state index is 0.320. The Morgan fingerprint density at radius 1 is 1.40 bits per heavy atom. The summed E-state index contributed by atoms with van der Waals surface area (Å²) in [4.78, 5) is 4.71. The summed E-state index contributed by atoms with van der Waals surface area (Å²) in [5.41, 5.74) is 2.54. The van der Waals surface area contributed by atoms with Gasteiger partial charge in [-0.3, -0.25) is 0 Å². The van der Waals surface area contributed by atoms with Gasteiger partial charge in [-0.2, -0.15) is 0 Å². The van der Waals surface area contributed by atoms with Crippen molar-refractivity contribution in [2.75, 3.05) is 6.61 Å². The van der Waals surface area contributed by atoms with Gasteiger partial charge in [0.1, 0.15) is 0 Å². The Morgan fingerprint density at radius 2 is 2.20 bits per heavy atom. The van der Waals surface area contributed by atoms with Crippen LogP contribution in [-0.2, 0) is 11.9 Å². The normalized spacial score (nSPS) is 13.3. The minimum atomic E-state index is 0.320. The van der Waals surface area contributed by atoms with Gasteiger partial charge in [-0.15, -0.1) is 0 Å². The molecule has 3 nitrogen and oxygen atoms in total. The molecule has 3 heteroatoms. The first-order chi connectivity index (χ1) is 7.24. The number of hydrogen-bond acceptors (Lipinski definition) is 2. The van der Waals surface area contributed by atoms with Crippen LogP contribution in [0.2, 0.25) is 0 Å². The zero-order chi connectivity index (χ0) is 10.8. The van der Waals surface area contributed by atoms with E-state index in [9.17, 15) is 0 Å². The molecule has 1 aromatic carbocycles. The number of rotatable bonds is 3. The molecule has 80 valence electrons. The van der Waals surface area contributed by atoms with Crippen LogP contribution in [0.15, 0.2) is 30.5 Å². The van der Waals surface area contributed by atoms with Crippen molar-refractivity contribution in [3.8, 4) is 0 Å². The molecule has 15 heavy (non-hydrogen) atoms. The Hall–Kier alpha value is -1.32. The number of aromatic nitrogens is 1. The molecule has 0 aliphatic heterocycles. The number of hydrogen-bond donors (Lipinski definition) is 1. The fraction of sp³-hybridized carbons (Fsp3) is 0.333. The fourth-order valence-electron chi connectivity index (χ4n) is 1.99. The number of fused-ring (bicyclic) bond motifs is 1. The molecule has 0 radical (unpaired) electrons. The highest BCUT2D eigenvalue weighted by molar-refractivity contribution is 5.84. The molecular weight excluding hydrogens is 188 g/mol. The van der Waals surface area contributed by atoms with E-state index in [1.165, 1.54) is 16.5 Å². The molecule has 0 aliphatic rings. The minimum Gasteiger partial charge on any atom is -0.351 e. The van der Waals surface area contributed by atoms with Crippen molar-refractivity contribution in [1.29, 1.82) is 0 Å². The predicted molar refractivity (Wildman–Crippen MR) is 61.5 cm³/mol. The van der Waals surface area contributed by atoms with E-state index in [0.29, 0.717) is 12.5 Å². The molecule has 1 unspecified atom stereocenters. The van der Waals surface area contributed by atoms with E-state index in [2.05, 4.69) is 49.0 Å². The van der Waals surface area contributed by atoms with Gasteiger partial charge in [-0.05, 0) is 17.7 Å². The van der Waals surface area contributed by atoms with Crippen LogP contribution in [0.25, 0.3) is 10.9 Å². The predicted octanol–water partition coefficient (Wildman–Crippen LogP) is 2.17. The molecule has 0 saturated carbocycles. The second kappa shape index (κ2) is 4.04. The van der Waals surface area contributed by atoms with Gasteiger partial charge in [0.25, 0.3) is 0 Å². The lowest BCUT2D eigenvalue weighted by Crippen LogP contribution is -2.08. The first-order valence-electron chi connectivity index (χ1n) is 5.09. The van der Waals surface area contributed by atoms with Gasteiger partial charge in [-0.25, -0.2) is 5.90 Å². The molecule has 2 rings (SSSR count). The highest BCUT2D eigenvalue weighted by atomic mass is 16.6. The second-order valence-electron chi connectivity index (χ2n) is 3.94. The Kier molecular flexibility index (Phi) is 2.75. The Morgan fingerprint density at radius 3 is 2.93 bits per heavy atom. The highest BCUT2D eigenvalue weighted by Crippen LogP contribution is 2.25. The first-order valence-corrected chi connectivity index (χ1v) is 5.09. The van der Waals surface area contributed by atoms with Crippen molar-refractivity contribution in [1.82, 2.24) is 4.57 Å². The third-order valence-electron chi connectivity index (χ3n) is 2.84. The van der Waals surface area contributed by atoms with Crippen LogP contribution in [0.1, 0.15) is 18.4 Å². The summed E-state index contributed by atoms with van der Waals surface area (Å²) in [5, 5.41) is 1.28. The zero-order valence-corrected chi connectivity index (χ0v) is 9.10. The Bertz CT molecular complexity index is 462. The van der Waals surface area contributed by atoms with Crippen molar-refractivity contribution < 1.29 is 4.84 Å². The molecule has 1 heterocycles. The van der Waals surface area contributed by atoms with Gasteiger partial charge in [0.05, 0.1) is 6.61 Å². The van der Waals surface area contributed by atoms with Gasteiger partial charge in [0, 0.05) is 30.1 Å². The van der Waals surface area contributed by atoms with Gasteiger partial charge in [0.15, 0.2) is 0 Å². The van der Waals surface area contributed by atoms with Crippen LogP contribution in [0.5, 0.6) is 0 Å². The van der Waals surface area contributed by atoms with Crippen LogP contribution in [0, 0.1) is 0 Å². The second-order valence-corrected chi connectivity index (χ2v) is 3.94. The number of nitrogens with two attached hydrogens (primary N) is 1. The van der Waals surface area contributed by atoms with E-state index >= 15 is 0 Å². The summed E-state index contributed by atoms with van der Waals surface area (Å²) in [5.74, 6) is 5.43. The number of benzene rings is 1. The van der Waals surface area contributed by atoms with Gasteiger partial charge >= 0.3 is 0 Å². The summed E-state index contributed by atoms with van der Waals surface area (Å²) in [6.07, 6.45) is 2.07. The van der Waals surface area contributed by atoms with E-state index in [1.807, 2.05) is 0 Å². The molecule has 1 atom stereocenters. The third-order valence-corrected chi connectivity index (χ3v) is 2.84. The van der Waals surface area contributed by atoms with Crippen molar-refractivity contribution in [3.05, 3.63) is 36.0 Å².